The number of ether oxygens (including phenoxy) is 3. The molecule has 0 aliphatic carbocycles. The zero-order valence-corrected chi connectivity index (χ0v) is 57.3. The summed E-state index contributed by atoms with van der Waals surface area (Å²) in [6, 6.07) is 23.1. The molecule has 40 heteroatoms. The van der Waals surface area contributed by atoms with Gasteiger partial charge in [0.1, 0.15) is 35.8 Å². The number of aromatic nitrogens is 6. The van der Waals surface area contributed by atoms with E-state index < -0.39 is 169 Å². The monoisotopic (exact) mass is 1490 g/mol. The molecule has 0 radical (unpaired) electrons. The van der Waals surface area contributed by atoms with Gasteiger partial charge in [0.15, 0.2) is 18.3 Å². The molecule has 3 aromatic heterocycles. The van der Waals surface area contributed by atoms with Crippen LogP contribution in [0.3, 0.4) is 0 Å². The van der Waals surface area contributed by atoms with E-state index in [1.165, 1.54) is 42.5 Å². The first-order valence-corrected chi connectivity index (χ1v) is 35.3. The third-order valence-electron chi connectivity index (χ3n) is 15.0. The first kappa shape index (κ1) is 75.5. The van der Waals surface area contributed by atoms with Gasteiger partial charge in [-0.2, -0.15) is 41.3 Å². The van der Waals surface area contributed by atoms with Crippen LogP contribution >= 0.6 is 35.1 Å². The van der Waals surface area contributed by atoms with Gasteiger partial charge in [0.25, 0.3) is 17.7 Å². The number of rotatable bonds is 16. The van der Waals surface area contributed by atoms with Gasteiger partial charge in [0.05, 0.1) is 38.1 Å². The molecule has 0 saturated carbocycles. The first-order valence-electron chi connectivity index (χ1n) is 30.6. The fraction of sp³-hybridized carbons (Fsp3) is 0.450. The van der Waals surface area contributed by atoms with Gasteiger partial charge in [-0.3, -0.25) is 68.8 Å². The maximum absolute atomic E-state index is 15.1. The molecule has 3 aromatic carbocycles. The molecule has 6 aliphatic heterocycles. The molecule has 30 nitrogen and oxygen atoms in total. The number of amides is 3. The van der Waals surface area contributed by atoms with Crippen molar-refractivity contribution in [3.63, 3.8) is 0 Å². The number of carbonyl (C=O) groups is 3. The van der Waals surface area contributed by atoms with Crippen molar-refractivity contribution in [2.75, 3.05) is 35.8 Å². The number of fused-ring (bicyclic) bond motifs is 3. The molecule has 6 unspecified atom stereocenters. The number of benzene rings is 3. The molecule has 3 amide bonds. The van der Waals surface area contributed by atoms with Crippen molar-refractivity contribution in [1.29, 1.82) is 0 Å². The van der Waals surface area contributed by atoms with Crippen LogP contribution in [0.25, 0.3) is 0 Å². The van der Waals surface area contributed by atoms with E-state index in [-0.39, 0.29) is 23.0 Å². The van der Waals surface area contributed by atoms with Gasteiger partial charge in [0.2, 0.25) is 18.7 Å². The summed E-state index contributed by atoms with van der Waals surface area (Å²) in [5.74, 6) is -13.2. The Morgan fingerprint density at radius 1 is 0.500 bits per heavy atom. The lowest BCUT2D eigenvalue weighted by molar-refractivity contribution is -0.139. The number of phosphoric acid groups is 3. The summed E-state index contributed by atoms with van der Waals surface area (Å²) in [4.78, 5) is 85.5. The third-order valence-corrected chi connectivity index (χ3v) is 20.1. The zero-order valence-electron chi connectivity index (χ0n) is 53.9. The largest absolute Gasteiger partial charge is 0.475 e. The van der Waals surface area contributed by atoms with E-state index in [9.17, 15) is 42.5 Å². The number of hydrogen-bond donors (Lipinski definition) is 3. The van der Waals surface area contributed by atoms with Crippen molar-refractivity contribution in [2.24, 2.45) is 0 Å². The van der Waals surface area contributed by atoms with E-state index in [4.69, 9.17) is 66.5 Å². The topological polar surface area (TPSA) is 354 Å². The smallest absolute Gasteiger partial charge is 0.343 e. The number of nitrogens with zero attached hydrogens (tertiary/aromatic N) is 6. The Morgan fingerprint density at radius 2 is 0.780 bits per heavy atom. The molecule has 6 aromatic rings. The molecule has 0 bridgehead atoms. The summed E-state index contributed by atoms with van der Waals surface area (Å²) in [5.41, 5.74) is -0.300. The average Bonchev–Trinajstić information content (AvgIpc) is 1.60. The Bertz CT molecular complexity index is 4170. The van der Waals surface area contributed by atoms with Crippen molar-refractivity contribution in [3.8, 4) is 0 Å². The number of phosphoric ester groups is 3. The van der Waals surface area contributed by atoms with E-state index >= 15 is 26.3 Å². The minimum Gasteiger partial charge on any atom is -0.343 e. The zero-order chi connectivity index (χ0) is 72.6. The van der Waals surface area contributed by atoms with Gasteiger partial charge in [-0.15, -0.1) is 0 Å². The van der Waals surface area contributed by atoms with E-state index in [1.807, 2.05) is 13.8 Å². The Labute approximate surface area is 569 Å². The number of halogens is 7. The molecule has 3 N–H and O–H groups in total. The predicted octanol–water partition coefficient (Wildman–Crippen LogP) is 10.5. The quantitative estimate of drug-likeness (QED) is 0.0598. The van der Waals surface area contributed by atoms with Crippen molar-refractivity contribution < 1.29 is 109 Å². The minimum atomic E-state index is -4.22. The van der Waals surface area contributed by atoms with Gasteiger partial charge < -0.3 is 30.2 Å². The predicted molar refractivity (Wildman–Crippen MR) is 338 cm³/mol. The third kappa shape index (κ3) is 17.0. The fourth-order valence-electron chi connectivity index (χ4n) is 10.4. The van der Waals surface area contributed by atoms with Crippen LogP contribution in [-0.4, -0.2) is 139 Å². The van der Waals surface area contributed by atoms with Crippen molar-refractivity contribution in [2.45, 2.75) is 153 Å². The molecule has 12 atom stereocenters. The van der Waals surface area contributed by atoms with Gasteiger partial charge >= 0.3 is 58.3 Å². The Balaban J connectivity index is 0.000000162. The molecule has 100 heavy (non-hydrogen) atoms. The summed E-state index contributed by atoms with van der Waals surface area (Å²) < 4.78 is 191. The van der Waals surface area contributed by atoms with Crippen LogP contribution in [0.15, 0.2) is 124 Å². The van der Waals surface area contributed by atoms with Gasteiger partial charge in [0, 0.05) is 40.3 Å². The molecule has 6 aliphatic rings. The van der Waals surface area contributed by atoms with Gasteiger partial charge in [-0.05, 0) is 127 Å². The van der Waals surface area contributed by atoms with Gasteiger partial charge in [-0.25, -0.2) is 28.1 Å². The lowest BCUT2D eigenvalue weighted by Gasteiger charge is -2.32. The Hall–Kier alpha value is -7.21. The normalized spacial score (nSPS) is 28.3. The summed E-state index contributed by atoms with van der Waals surface area (Å²) >= 11 is 5.78. The van der Waals surface area contributed by atoms with Crippen LogP contribution in [0.2, 0.25) is 5.02 Å². The Morgan fingerprint density at radius 3 is 1.05 bits per heavy atom. The van der Waals surface area contributed by atoms with Crippen LogP contribution in [0.4, 0.5) is 43.8 Å². The van der Waals surface area contributed by atoms with Crippen LogP contribution in [-0.2, 0) is 75.0 Å². The molecule has 12 rings (SSSR count). The molecule has 540 valence electrons. The lowest BCUT2D eigenvalue weighted by atomic mass is 10.1. The molecule has 6 fully saturated rings. The second-order valence-electron chi connectivity index (χ2n) is 23.7. The highest BCUT2D eigenvalue weighted by molar-refractivity contribution is 7.49. The number of alkyl halides is 6. The van der Waals surface area contributed by atoms with Crippen molar-refractivity contribution in [1.82, 2.24) is 28.7 Å². The van der Waals surface area contributed by atoms with Crippen LogP contribution in [0.1, 0.15) is 109 Å². The van der Waals surface area contributed by atoms with E-state index in [2.05, 4.69) is 30.9 Å². The summed E-state index contributed by atoms with van der Waals surface area (Å²) in [6.07, 6.45) is -13.9. The van der Waals surface area contributed by atoms with E-state index in [0.717, 1.165) is 36.1 Å². The molecular weight excluding hydrogens is 1430 g/mol. The molecule has 0 spiro atoms. The van der Waals surface area contributed by atoms with Crippen LogP contribution in [0, 0.1) is 6.92 Å². The van der Waals surface area contributed by atoms with E-state index in [1.54, 1.807) is 90.1 Å². The standard InChI is InChI=1S/C21H24F2N3O7P.C20H22F2N3O7P.C19H19ClF2N3O7P/c1-4-13-5-7-14(8-6-13)18(27)24-16-9-10-26(20(28)25-16)19-21(22,23)17-15(31-19)11-30-34(29,33-17)32-12(2)3;1-11(2)31-33(28)29-10-14-16(32-33)20(21,22)18(30-14)25-9-8-15(24-19(25)27)23-17(26)13-6-4-12(3)5-7-13;1-10(2)31-33(28)29-9-13-15(32-33)19(21,22)17(30-13)25-8-7-14(24-18(25)27)23-16(26)11-3-5-12(20)6-4-11/h5-10,12,15,17,19H,4,11H2,1-3H3,(H,24,25,27,28);4-9,11,14,16,18H,10H2,1-3H3,(H,23,24,26,27);3-8,10,13,15,17H,9H2,1-2H3,(H,23,24,26,27)/t15-,17-,19?,34?;14-,16-,18?,33?;13-,15-,17?,33?/m111/s1. The number of nitrogens with one attached hydrogen (secondary N) is 3. The van der Waals surface area contributed by atoms with Crippen LogP contribution in [0.5, 0.6) is 0 Å². The average molecular weight is 1490 g/mol. The lowest BCUT2D eigenvalue weighted by Crippen LogP contribution is -2.45. The second-order valence-corrected chi connectivity index (χ2v) is 28.8. The number of aryl methyl sites for hydroxylation is 2. The van der Waals surface area contributed by atoms with Crippen molar-refractivity contribution in [3.05, 3.63) is 174 Å². The second kappa shape index (κ2) is 30.0. The summed E-state index contributed by atoms with van der Waals surface area (Å²) in [5, 5.41) is 7.75. The van der Waals surface area contributed by atoms with Crippen molar-refractivity contribution >= 4 is 70.2 Å². The molecule has 6 saturated heterocycles. The SMILES string of the molecule is CC(C)OP1(=O)OC[C@H]2OC(n3ccc(NC(=O)c4ccc(Cl)cc4)nc3=O)C(F)(F)[C@@H]2O1.CCc1ccc(C(=O)Nc2ccn(C3O[C@@H]4COP(=O)(OC(C)C)O[C@H]4C3(F)F)c(=O)n2)cc1.Cc1ccc(C(=O)Nc2ccn(C3O[C@@H]4COP(=O)(OC(C)C)O[C@H]4C3(F)F)c(=O)n2)cc1. The number of hydrogen-bond acceptors (Lipinski definition) is 24. The van der Waals surface area contributed by atoms with Gasteiger partial charge in [-0.1, -0.05) is 48.4 Å². The van der Waals surface area contributed by atoms with E-state index in [0.29, 0.717) is 29.9 Å². The molecular formula is C60H65ClF6N9O21P3. The fourth-order valence-corrected chi connectivity index (χ4v) is 15.2. The summed E-state index contributed by atoms with van der Waals surface area (Å²) in [7, 11) is -12.7. The maximum atomic E-state index is 15.1. The molecule has 9 heterocycles. The maximum Gasteiger partial charge on any atom is 0.475 e. The highest BCUT2D eigenvalue weighted by atomic mass is 35.5. The van der Waals surface area contributed by atoms with Crippen LogP contribution < -0.4 is 33.0 Å². The highest BCUT2D eigenvalue weighted by Gasteiger charge is 2.68. The Kier molecular flexibility index (Phi) is 22.6. The summed E-state index contributed by atoms with van der Waals surface area (Å²) in [6.45, 7) is 11.7. The minimum absolute atomic E-state index is 0.112. The number of anilines is 3. The highest BCUT2D eigenvalue weighted by Crippen LogP contribution is 2.63. The number of carbonyl (C=O) groups excluding carboxylic acids is 3. The first-order chi connectivity index (χ1) is 47.0.